The molecule has 5 heteroatoms. The first-order valence-electron chi connectivity index (χ1n) is 6.64. The van der Waals surface area contributed by atoms with Crippen LogP contribution in [0.15, 0.2) is 23.2 Å². The number of aliphatic imine (C=N–C) groups is 1. The Hall–Kier alpha value is -1.96. The van der Waals surface area contributed by atoms with E-state index in [1.54, 1.807) is 0 Å². The van der Waals surface area contributed by atoms with Gasteiger partial charge in [-0.1, -0.05) is 36.0 Å². The fourth-order valence-electron chi connectivity index (χ4n) is 3.14. The highest BCUT2D eigenvalue weighted by atomic mass is 15.3. The highest BCUT2D eigenvalue weighted by Crippen LogP contribution is 2.30. The summed E-state index contributed by atoms with van der Waals surface area (Å²) in [6.45, 7) is 2.84. The molecule has 95 valence electrons. The van der Waals surface area contributed by atoms with Crippen LogP contribution in [-0.4, -0.2) is 25.3 Å². The zero-order chi connectivity index (χ0) is 13.3. The molecule has 2 N–H and O–H groups in total. The van der Waals surface area contributed by atoms with Crippen LogP contribution in [0.5, 0.6) is 0 Å². The number of nitrogens with one attached hydrogen (secondary N) is 2. The van der Waals surface area contributed by atoms with Crippen molar-refractivity contribution in [2.75, 3.05) is 6.54 Å². The van der Waals surface area contributed by atoms with Gasteiger partial charge < -0.3 is 5.32 Å². The van der Waals surface area contributed by atoms with E-state index in [1.807, 2.05) is 6.19 Å². The van der Waals surface area contributed by atoms with Crippen LogP contribution in [0.3, 0.4) is 0 Å². The van der Waals surface area contributed by atoms with Crippen LogP contribution in [0.25, 0.3) is 0 Å². The zero-order valence-corrected chi connectivity index (χ0v) is 11.0. The molecule has 19 heavy (non-hydrogen) atoms. The van der Waals surface area contributed by atoms with E-state index in [2.05, 4.69) is 47.9 Å². The normalized spacial score (nSPS) is 24.1. The highest BCUT2D eigenvalue weighted by Gasteiger charge is 2.38. The lowest BCUT2D eigenvalue weighted by Gasteiger charge is -2.35. The predicted molar refractivity (Wildman–Crippen MR) is 76.6 cm³/mol. The average molecular weight is 251 g/mol. The average Bonchev–Trinajstić information content (AvgIpc) is 2.81. The molecule has 0 bridgehead atoms. The lowest BCUT2D eigenvalue weighted by Crippen LogP contribution is -2.52. The largest absolute Gasteiger partial charge is 0.348 e. The summed E-state index contributed by atoms with van der Waals surface area (Å²) in [5, 5.41) is 14.6. The van der Waals surface area contributed by atoms with Crippen molar-refractivity contribution in [2.24, 2.45) is 4.99 Å². The minimum atomic E-state index is -0.00144. The van der Waals surface area contributed by atoms with E-state index < -0.39 is 0 Å². The number of hydrogen-bond donors (Lipinski definition) is 2. The number of fused-ring (bicyclic) bond motifs is 1. The van der Waals surface area contributed by atoms with Crippen LogP contribution in [-0.2, 0) is 12.8 Å². The molecule has 1 spiro atoms. The molecule has 1 heterocycles. The molecule has 0 aromatic heterocycles. The Morgan fingerprint density at radius 2 is 2.42 bits per heavy atom. The van der Waals surface area contributed by atoms with Gasteiger partial charge in [-0.2, -0.15) is 5.26 Å². The molecule has 0 saturated heterocycles. The summed E-state index contributed by atoms with van der Waals surface area (Å²) in [4.78, 5) is 4.38. The third kappa shape index (κ3) is 2.08. The SMILES string of the molecule is C[B]c1cccc2c1CCC1(CN=C(NC#N)N1)C2. The summed E-state index contributed by atoms with van der Waals surface area (Å²) in [6.07, 6.45) is 5.03. The molecule has 1 aromatic rings. The number of rotatable bonds is 1. The number of hydrogen-bond acceptors (Lipinski definition) is 4. The first-order chi connectivity index (χ1) is 9.26. The first kappa shape index (κ1) is 12.1. The predicted octanol–water partition coefficient (Wildman–Crippen LogP) is 0.322. The van der Waals surface area contributed by atoms with E-state index in [0.29, 0.717) is 5.96 Å². The Kier molecular flexibility index (Phi) is 2.94. The van der Waals surface area contributed by atoms with E-state index in [9.17, 15) is 0 Å². The fourth-order valence-corrected chi connectivity index (χ4v) is 3.14. The van der Waals surface area contributed by atoms with Gasteiger partial charge in [0.1, 0.15) is 7.28 Å². The van der Waals surface area contributed by atoms with E-state index in [1.165, 1.54) is 16.6 Å². The van der Waals surface area contributed by atoms with Crippen molar-refractivity contribution in [3.05, 3.63) is 29.3 Å². The van der Waals surface area contributed by atoms with Gasteiger partial charge in [0.2, 0.25) is 5.96 Å². The maximum atomic E-state index is 8.65. The molecule has 0 saturated carbocycles. The fraction of sp³-hybridized carbons (Fsp3) is 0.429. The maximum Gasteiger partial charge on any atom is 0.205 e. The smallest absolute Gasteiger partial charge is 0.205 e. The molecule has 3 rings (SSSR count). The maximum absolute atomic E-state index is 8.65. The van der Waals surface area contributed by atoms with Crippen molar-refractivity contribution in [3.8, 4) is 6.19 Å². The molecule has 1 aliphatic carbocycles. The van der Waals surface area contributed by atoms with Crippen LogP contribution < -0.4 is 16.1 Å². The van der Waals surface area contributed by atoms with Crippen LogP contribution in [0.2, 0.25) is 6.82 Å². The second-order valence-electron chi connectivity index (χ2n) is 5.26. The molecule has 0 fully saturated rings. The van der Waals surface area contributed by atoms with Gasteiger partial charge in [0.25, 0.3) is 0 Å². The molecule has 0 amide bonds. The van der Waals surface area contributed by atoms with Crippen molar-refractivity contribution in [1.82, 2.24) is 10.6 Å². The van der Waals surface area contributed by atoms with E-state index in [4.69, 9.17) is 5.26 Å². The molecule has 4 nitrogen and oxygen atoms in total. The Morgan fingerprint density at radius 1 is 1.53 bits per heavy atom. The zero-order valence-electron chi connectivity index (χ0n) is 11.0. The van der Waals surface area contributed by atoms with Crippen molar-refractivity contribution in [2.45, 2.75) is 31.6 Å². The van der Waals surface area contributed by atoms with Crippen LogP contribution in [0.1, 0.15) is 17.5 Å². The monoisotopic (exact) mass is 251 g/mol. The van der Waals surface area contributed by atoms with Crippen LogP contribution in [0, 0.1) is 11.5 Å². The van der Waals surface area contributed by atoms with Crippen LogP contribution >= 0.6 is 0 Å². The Morgan fingerprint density at radius 3 is 3.21 bits per heavy atom. The second-order valence-corrected chi connectivity index (χ2v) is 5.26. The third-order valence-corrected chi connectivity index (χ3v) is 4.10. The molecule has 1 aromatic carbocycles. The molecule has 1 atom stereocenters. The van der Waals surface area contributed by atoms with Gasteiger partial charge >= 0.3 is 0 Å². The van der Waals surface area contributed by atoms with Crippen molar-refractivity contribution in [3.63, 3.8) is 0 Å². The van der Waals surface area contributed by atoms with Gasteiger partial charge in [-0.15, -0.1) is 0 Å². The third-order valence-electron chi connectivity index (χ3n) is 4.10. The van der Waals surface area contributed by atoms with E-state index in [0.717, 1.165) is 25.8 Å². The van der Waals surface area contributed by atoms with Gasteiger partial charge in [-0.25, -0.2) is 4.99 Å². The quantitative estimate of drug-likeness (QED) is 0.429. The summed E-state index contributed by atoms with van der Waals surface area (Å²) >= 11 is 0. The van der Waals surface area contributed by atoms with E-state index in [-0.39, 0.29) is 5.54 Å². The molecule has 1 aliphatic heterocycles. The van der Waals surface area contributed by atoms with Crippen LogP contribution in [0.4, 0.5) is 0 Å². The molecular weight excluding hydrogens is 235 g/mol. The summed E-state index contributed by atoms with van der Waals surface area (Å²) in [5.74, 6) is 0.615. The standard InChI is InChI=1S/C14H16BN4/c1-15-12-4-2-3-10-7-14(6-5-11(10)12)8-17-13(19-14)18-9-16/h2-4H,5-8H2,1H3,(H2,17,18,19). The molecule has 2 aliphatic rings. The van der Waals surface area contributed by atoms with Crippen molar-refractivity contribution in [1.29, 1.82) is 5.26 Å². The highest BCUT2D eigenvalue weighted by molar-refractivity contribution is 6.52. The van der Waals surface area contributed by atoms with Crippen molar-refractivity contribution >= 4 is 18.7 Å². The van der Waals surface area contributed by atoms with Gasteiger partial charge in [-0.05, 0) is 24.8 Å². The summed E-state index contributed by atoms with van der Waals surface area (Å²) in [7, 11) is 2.18. The van der Waals surface area contributed by atoms with Gasteiger partial charge in [0, 0.05) is 0 Å². The second kappa shape index (κ2) is 4.62. The number of benzene rings is 1. The minimum Gasteiger partial charge on any atom is -0.348 e. The van der Waals surface area contributed by atoms with Crippen molar-refractivity contribution < 1.29 is 0 Å². The lowest BCUT2D eigenvalue weighted by atomic mass is 9.66. The van der Waals surface area contributed by atoms with E-state index >= 15 is 0 Å². The van der Waals surface area contributed by atoms with Gasteiger partial charge in [-0.3, -0.25) is 5.32 Å². The Balaban J connectivity index is 1.83. The Bertz CT molecular complexity index is 575. The molecule has 1 radical (unpaired) electrons. The summed E-state index contributed by atoms with van der Waals surface area (Å²) < 4.78 is 0. The summed E-state index contributed by atoms with van der Waals surface area (Å²) in [6, 6.07) is 6.51. The Labute approximate surface area is 114 Å². The minimum absolute atomic E-state index is 0.00144. The number of nitriles is 1. The molecule has 1 unspecified atom stereocenters. The van der Waals surface area contributed by atoms with Gasteiger partial charge in [0.15, 0.2) is 6.19 Å². The van der Waals surface area contributed by atoms with Gasteiger partial charge in [0.05, 0.1) is 12.1 Å². The number of nitrogens with zero attached hydrogens (tertiary/aromatic N) is 2. The lowest BCUT2D eigenvalue weighted by molar-refractivity contribution is 0.361. The summed E-state index contributed by atoms with van der Waals surface area (Å²) in [5.41, 5.74) is 4.22. The first-order valence-corrected chi connectivity index (χ1v) is 6.64. The molecular formula is C14H16BN4. The number of guanidine groups is 1. The topological polar surface area (TPSA) is 60.2 Å².